The highest BCUT2D eigenvalue weighted by Gasteiger charge is 2.37. The fourth-order valence-corrected chi connectivity index (χ4v) is 5.32. The standard InChI is InChI=1S/C23H27N3O5S/c1-12(13-7-8-13)17-9-14(10-24)15-5-4-6-16(15)20(17)26-21(27)19-18(23(2,3)28)11-31-22(19)32(25,29)30/h9,11-13,28H,4-8H2,1-3H3,(H,26,27)(H2,25,29,30). The lowest BCUT2D eigenvalue weighted by atomic mass is 9.88. The Kier molecular flexibility index (Phi) is 5.44. The van der Waals surface area contributed by atoms with Crippen molar-refractivity contribution in [1.82, 2.24) is 0 Å². The first kappa shape index (κ1) is 22.5. The van der Waals surface area contributed by atoms with Crippen LogP contribution in [-0.4, -0.2) is 19.4 Å². The Balaban J connectivity index is 1.86. The molecule has 2 aromatic rings. The second kappa shape index (κ2) is 7.73. The number of hydrogen-bond acceptors (Lipinski definition) is 6. The maximum atomic E-state index is 13.5. The van der Waals surface area contributed by atoms with Crippen LogP contribution in [0.5, 0.6) is 0 Å². The number of furan rings is 1. The van der Waals surface area contributed by atoms with E-state index in [1.807, 2.05) is 6.07 Å². The lowest BCUT2D eigenvalue weighted by molar-refractivity contribution is 0.0754. The summed E-state index contributed by atoms with van der Waals surface area (Å²) in [5.74, 6) is -0.0976. The molecular formula is C23H27N3O5S. The van der Waals surface area contributed by atoms with Crippen LogP contribution in [0.15, 0.2) is 21.8 Å². The maximum absolute atomic E-state index is 13.5. The van der Waals surface area contributed by atoms with E-state index in [9.17, 15) is 23.6 Å². The topological polar surface area (TPSA) is 146 Å². The second-order valence-corrected chi connectivity index (χ2v) is 10.8. The van der Waals surface area contributed by atoms with Crippen molar-refractivity contribution in [2.75, 3.05) is 5.32 Å². The van der Waals surface area contributed by atoms with Gasteiger partial charge < -0.3 is 14.8 Å². The van der Waals surface area contributed by atoms with Crippen LogP contribution in [0.2, 0.25) is 0 Å². The van der Waals surface area contributed by atoms with Gasteiger partial charge in [0, 0.05) is 11.3 Å². The van der Waals surface area contributed by atoms with Gasteiger partial charge in [0.15, 0.2) is 0 Å². The minimum atomic E-state index is -4.34. The predicted octanol–water partition coefficient (Wildman–Crippen LogP) is 3.28. The van der Waals surface area contributed by atoms with Crippen molar-refractivity contribution in [3.63, 3.8) is 0 Å². The van der Waals surface area contributed by atoms with E-state index in [0.717, 1.165) is 55.1 Å². The monoisotopic (exact) mass is 457 g/mol. The maximum Gasteiger partial charge on any atom is 0.272 e. The quantitative estimate of drug-likeness (QED) is 0.606. The molecule has 1 saturated carbocycles. The van der Waals surface area contributed by atoms with Crippen molar-refractivity contribution < 1.29 is 22.7 Å². The van der Waals surface area contributed by atoms with Gasteiger partial charge in [0.1, 0.15) is 5.56 Å². The number of amides is 1. The minimum absolute atomic E-state index is 0.0288. The number of nitriles is 1. The van der Waals surface area contributed by atoms with Gasteiger partial charge in [0.05, 0.1) is 23.5 Å². The molecule has 170 valence electrons. The number of nitrogens with zero attached hydrogens (tertiary/aromatic N) is 1. The van der Waals surface area contributed by atoms with Gasteiger partial charge in [0.25, 0.3) is 15.9 Å². The molecule has 1 unspecified atom stereocenters. The summed E-state index contributed by atoms with van der Waals surface area (Å²) in [4.78, 5) is 13.5. The molecule has 2 aliphatic rings. The van der Waals surface area contributed by atoms with E-state index in [1.165, 1.54) is 13.8 Å². The van der Waals surface area contributed by atoms with Gasteiger partial charge in [-0.2, -0.15) is 5.26 Å². The highest BCUT2D eigenvalue weighted by molar-refractivity contribution is 7.89. The van der Waals surface area contributed by atoms with Crippen LogP contribution in [0.1, 0.15) is 84.1 Å². The highest BCUT2D eigenvalue weighted by atomic mass is 32.2. The molecule has 4 rings (SSSR count). The summed E-state index contributed by atoms with van der Waals surface area (Å²) in [6, 6.07) is 4.15. The molecule has 1 aromatic carbocycles. The van der Waals surface area contributed by atoms with Gasteiger partial charge in [-0.15, -0.1) is 0 Å². The number of aliphatic hydroxyl groups is 1. The summed E-state index contributed by atoms with van der Waals surface area (Å²) in [5.41, 5.74) is 2.18. The zero-order valence-corrected chi connectivity index (χ0v) is 19.2. The number of hydrogen-bond donors (Lipinski definition) is 3. The number of carbonyl (C=O) groups is 1. The Labute approximate surface area is 187 Å². The number of carbonyl (C=O) groups excluding carboxylic acids is 1. The lowest BCUT2D eigenvalue weighted by Crippen LogP contribution is -2.25. The van der Waals surface area contributed by atoms with Crippen molar-refractivity contribution in [3.8, 4) is 6.07 Å². The number of primary sulfonamides is 1. The van der Waals surface area contributed by atoms with Gasteiger partial charge in [-0.25, -0.2) is 13.6 Å². The summed E-state index contributed by atoms with van der Waals surface area (Å²) >= 11 is 0. The van der Waals surface area contributed by atoms with Crippen LogP contribution in [-0.2, 0) is 28.5 Å². The Morgan fingerprint density at radius 1 is 1.34 bits per heavy atom. The molecule has 4 N–H and O–H groups in total. The Bertz CT molecular complexity index is 1240. The molecule has 2 aliphatic carbocycles. The fraction of sp³-hybridized carbons (Fsp3) is 0.478. The lowest BCUT2D eigenvalue weighted by Gasteiger charge is -2.22. The second-order valence-electron chi connectivity index (χ2n) is 9.31. The molecule has 1 aromatic heterocycles. The van der Waals surface area contributed by atoms with Crippen molar-refractivity contribution >= 4 is 21.6 Å². The number of sulfonamides is 1. The van der Waals surface area contributed by atoms with Crippen molar-refractivity contribution in [1.29, 1.82) is 5.26 Å². The van der Waals surface area contributed by atoms with Crippen LogP contribution in [0.25, 0.3) is 0 Å². The van der Waals surface area contributed by atoms with Crippen molar-refractivity contribution in [2.24, 2.45) is 11.1 Å². The number of rotatable bonds is 6. The average Bonchev–Trinajstić information content (AvgIpc) is 3.23. The van der Waals surface area contributed by atoms with Gasteiger partial charge >= 0.3 is 0 Å². The molecule has 0 aliphatic heterocycles. The molecule has 0 spiro atoms. The third kappa shape index (κ3) is 3.94. The minimum Gasteiger partial charge on any atom is -0.451 e. The largest absolute Gasteiger partial charge is 0.451 e. The molecule has 1 fully saturated rings. The van der Waals surface area contributed by atoms with E-state index in [1.54, 1.807) is 0 Å². The highest BCUT2D eigenvalue weighted by Crippen LogP contribution is 2.47. The van der Waals surface area contributed by atoms with E-state index in [2.05, 4.69) is 18.3 Å². The summed E-state index contributed by atoms with van der Waals surface area (Å²) < 4.78 is 29.3. The molecule has 32 heavy (non-hydrogen) atoms. The summed E-state index contributed by atoms with van der Waals surface area (Å²) in [5, 5.41) is 27.7. The fourth-order valence-electron chi connectivity index (χ4n) is 4.65. The molecule has 1 amide bonds. The Morgan fingerprint density at radius 3 is 2.56 bits per heavy atom. The molecule has 0 saturated heterocycles. The number of fused-ring (bicyclic) bond motifs is 1. The molecule has 1 heterocycles. The van der Waals surface area contributed by atoms with E-state index < -0.39 is 26.6 Å². The predicted molar refractivity (Wildman–Crippen MR) is 118 cm³/mol. The Morgan fingerprint density at radius 2 is 2.00 bits per heavy atom. The van der Waals surface area contributed by atoms with Gasteiger partial charge in [-0.3, -0.25) is 4.79 Å². The number of nitrogens with one attached hydrogen (secondary N) is 1. The summed E-state index contributed by atoms with van der Waals surface area (Å²) in [6.45, 7) is 4.95. The van der Waals surface area contributed by atoms with Crippen LogP contribution >= 0.6 is 0 Å². The normalized spacial score (nSPS) is 17.0. The third-order valence-electron chi connectivity index (χ3n) is 6.51. The molecule has 8 nitrogen and oxygen atoms in total. The van der Waals surface area contributed by atoms with Gasteiger partial charge in [-0.05, 0) is 80.5 Å². The van der Waals surface area contributed by atoms with Crippen LogP contribution in [0.4, 0.5) is 5.69 Å². The van der Waals surface area contributed by atoms with E-state index in [0.29, 0.717) is 17.2 Å². The zero-order valence-electron chi connectivity index (χ0n) is 18.4. The average molecular weight is 458 g/mol. The molecular weight excluding hydrogens is 430 g/mol. The molecule has 9 heteroatoms. The van der Waals surface area contributed by atoms with Crippen molar-refractivity contribution in [2.45, 2.75) is 69.5 Å². The zero-order chi connectivity index (χ0) is 23.4. The first-order valence-corrected chi connectivity index (χ1v) is 12.2. The van der Waals surface area contributed by atoms with Gasteiger partial charge in [0.2, 0.25) is 5.09 Å². The SMILES string of the molecule is CC(c1cc(C#N)c2c(c1NC(=O)c1c(C(C)(C)O)coc1S(N)(=O)=O)CCC2)C1CC1. The smallest absolute Gasteiger partial charge is 0.272 e. The van der Waals surface area contributed by atoms with Crippen LogP contribution in [0.3, 0.4) is 0 Å². The van der Waals surface area contributed by atoms with E-state index in [-0.39, 0.29) is 17.0 Å². The molecule has 1 atom stereocenters. The number of benzene rings is 1. The first-order chi connectivity index (χ1) is 14.9. The van der Waals surface area contributed by atoms with E-state index >= 15 is 0 Å². The van der Waals surface area contributed by atoms with Gasteiger partial charge in [-0.1, -0.05) is 6.92 Å². The van der Waals surface area contributed by atoms with Crippen molar-refractivity contribution in [3.05, 3.63) is 45.7 Å². The third-order valence-corrected chi connectivity index (χ3v) is 7.33. The van der Waals surface area contributed by atoms with Crippen LogP contribution in [0, 0.1) is 17.2 Å². The number of anilines is 1. The van der Waals surface area contributed by atoms with E-state index in [4.69, 9.17) is 9.56 Å². The summed E-state index contributed by atoms with van der Waals surface area (Å²) in [6.07, 6.45) is 5.57. The molecule has 0 bridgehead atoms. The molecule has 0 radical (unpaired) electrons. The van der Waals surface area contributed by atoms with Crippen LogP contribution < -0.4 is 10.5 Å². The summed E-state index contributed by atoms with van der Waals surface area (Å²) in [7, 11) is -4.34. The number of nitrogens with two attached hydrogens (primary N) is 1. The first-order valence-electron chi connectivity index (χ1n) is 10.7. The Hall–Kier alpha value is -2.67.